The van der Waals surface area contributed by atoms with E-state index in [0.29, 0.717) is 6.42 Å². The highest BCUT2D eigenvalue weighted by atomic mass is 16.5. The van der Waals surface area contributed by atoms with Crippen molar-refractivity contribution >= 4 is 0 Å². The van der Waals surface area contributed by atoms with Gasteiger partial charge in [0.15, 0.2) is 0 Å². The molecule has 0 aromatic carbocycles. The van der Waals surface area contributed by atoms with Crippen LogP contribution in [0.3, 0.4) is 0 Å². The molecule has 0 aromatic heterocycles. The minimum Gasteiger partial charge on any atom is -0.381 e. The molecule has 0 heterocycles. The van der Waals surface area contributed by atoms with Gasteiger partial charge in [-0.2, -0.15) is 5.26 Å². The molecule has 0 aliphatic rings. The minimum absolute atomic E-state index is 0.595. The number of hydrogen-bond acceptors (Lipinski definition) is 3. The van der Waals surface area contributed by atoms with E-state index in [1.165, 1.54) is 44.9 Å². The smallest absolute Gasteiger partial charge is 0.0635 e. The molecule has 0 saturated heterocycles. The summed E-state index contributed by atoms with van der Waals surface area (Å²) in [5.74, 6) is 0.859. The number of nitrogens with one attached hydrogen (secondary N) is 1. The molecule has 0 aliphatic carbocycles. The second kappa shape index (κ2) is 16.5. The maximum atomic E-state index is 8.37. The van der Waals surface area contributed by atoms with Crippen molar-refractivity contribution in [3.05, 3.63) is 0 Å². The highest BCUT2D eigenvalue weighted by Gasteiger charge is 1.95. The van der Waals surface area contributed by atoms with Crippen LogP contribution in [-0.2, 0) is 4.74 Å². The van der Waals surface area contributed by atoms with Crippen LogP contribution in [0.15, 0.2) is 0 Å². The SMILES string of the molecule is CC(C)CCCCCCCCOCCCNCCC#N. The second-order valence-corrected chi connectivity index (χ2v) is 5.93. The van der Waals surface area contributed by atoms with Crippen LogP contribution in [0.1, 0.15) is 71.6 Å². The van der Waals surface area contributed by atoms with Gasteiger partial charge in [-0.3, -0.25) is 0 Å². The van der Waals surface area contributed by atoms with E-state index in [4.69, 9.17) is 10.00 Å². The normalized spacial score (nSPS) is 10.9. The first-order chi connectivity index (χ1) is 9.77. The van der Waals surface area contributed by atoms with E-state index < -0.39 is 0 Å². The highest BCUT2D eigenvalue weighted by Crippen LogP contribution is 2.11. The molecule has 0 atom stereocenters. The van der Waals surface area contributed by atoms with E-state index in [1.807, 2.05) is 0 Å². The van der Waals surface area contributed by atoms with Crippen molar-refractivity contribution < 1.29 is 4.74 Å². The van der Waals surface area contributed by atoms with E-state index in [-0.39, 0.29) is 0 Å². The van der Waals surface area contributed by atoms with Crippen molar-refractivity contribution in [3.63, 3.8) is 0 Å². The molecular weight excluding hydrogens is 248 g/mol. The van der Waals surface area contributed by atoms with Gasteiger partial charge in [-0.1, -0.05) is 52.4 Å². The molecule has 3 heteroatoms. The highest BCUT2D eigenvalue weighted by molar-refractivity contribution is 4.69. The number of nitriles is 1. The Morgan fingerprint density at radius 1 is 0.900 bits per heavy atom. The fourth-order valence-corrected chi connectivity index (χ4v) is 2.13. The summed E-state index contributed by atoms with van der Waals surface area (Å²) in [7, 11) is 0. The molecule has 0 radical (unpaired) electrons. The van der Waals surface area contributed by atoms with Crippen LogP contribution in [0, 0.1) is 17.2 Å². The Bertz CT molecular complexity index is 224. The third kappa shape index (κ3) is 17.4. The van der Waals surface area contributed by atoms with Gasteiger partial charge in [0, 0.05) is 26.2 Å². The van der Waals surface area contributed by atoms with Gasteiger partial charge < -0.3 is 10.1 Å². The number of nitrogens with zero attached hydrogens (tertiary/aromatic N) is 1. The molecule has 0 aromatic rings. The van der Waals surface area contributed by atoms with Gasteiger partial charge >= 0.3 is 0 Å². The molecule has 0 aliphatic heterocycles. The number of unbranched alkanes of at least 4 members (excludes halogenated alkanes) is 5. The van der Waals surface area contributed by atoms with Crippen molar-refractivity contribution in [2.45, 2.75) is 71.6 Å². The lowest BCUT2D eigenvalue weighted by Gasteiger charge is -2.06. The molecule has 0 bridgehead atoms. The Morgan fingerprint density at radius 3 is 2.25 bits per heavy atom. The predicted molar refractivity (Wildman–Crippen MR) is 85.7 cm³/mol. The van der Waals surface area contributed by atoms with Crippen LogP contribution in [0.5, 0.6) is 0 Å². The summed E-state index contributed by atoms with van der Waals surface area (Å²) in [5, 5.41) is 11.6. The monoisotopic (exact) mass is 282 g/mol. The molecule has 118 valence electrons. The molecule has 0 unspecified atom stereocenters. The maximum absolute atomic E-state index is 8.37. The van der Waals surface area contributed by atoms with Gasteiger partial charge in [0.1, 0.15) is 0 Å². The van der Waals surface area contributed by atoms with Gasteiger partial charge in [-0.15, -0.1) is 0 Å². The topological polar surface area (TPSA) is 45.0 Å². The summed E-state index contributed by atoms with van der Waals surface area (Å²) in [6.07, 6.45) is 11.1. The fourth-order valence-electron chi connectivity index (χ4n) is 2.13. The average molecular weight is 282 g/mol. The van der Waals surface area contributed by atoms with E-state index in [1.54, 1.807) is 0 Å². The molecule has 1 N–H and O–H groups in total. The third-order valence-corrected chi connectivity index (χ3v) is 3.38. The molecule has 0 spiro atoms. The van der Waals surface area contributed by atoms with Gasteiger partial charge in [0.25, 0.3) is 0 Å². The standard InChI is InChI=1S/C17H34N2O/c1-17(2)11-7-5-3-4-6-8-15-20-16-10-14-19-13-9-12-18/h17,19H,3-11,13-16H2,1-2H3. The Morgan fingerprint density at radius 2 is 1.55 bits per heavy atom. The van der Waals surface area contributed by atoms with Gasteiger partial charge in [-0.05, 0) is 25.3 Å². The molecular formula is C17H34N2O. The van der Waals surface area contributed by atoms with E-state index in [2.05, 4.69) is 25.2 Å². The van der Waals surface area contributed by atoms with E-state index >= 15 is 0 Å². The molecule has 20 heavy (non-hydrogen) atoms. The van der Waals surface area contributed by atoms with Crippen LogP contribution < -0.4 is 5.32 Å². The first-order valence-electron chi connectivity index (χ1n) is 8.42. The lowest BCUT2D eigenvalue weighted by Crippen LogP contribution is -2.17. The van der Waals surface area contributed by atoms with Gasteiger partial charge in [0.05, 0.1) is 6.07 Å². The van der Waals surface area contributed by atoms with Crippen LogP contribution in [0.4, 0.5) is 0 Å². The zero-order valence-corrected chi connectivity index (χ0v) is 13.6. The number of hydrogen-bond donors (Lipinski definition) is 1. The van der Waals surface area contributed by atoms with Crippen LogP contribution in [0.25, 0.3) is 0 Å². The summed E-state index contributed by atoms with van der Waals surface area (Å²) < 4.78 is 5.59. The fraction of sp³-hybridized carbons (Fsp3) is 0.941. The molecule has 3 nitrogen and oxygen atoms in total. The summed E-state index contributed by atoms with van der Waals surface area (Å²) in [6, 6.07) is 2.12. The lowest BCUT2D eigenvalue weighted by molar-refractivity contribution is 0.127. The van der Waals surface area contributed by atoms with E-state index in [9.17, 15) is 0 Å². The first kappa shape index (κ1) is 19.4. The predicted octanol–water partition coefficient (Wildman–Crippen LogP) is 4.28. The zero-order valence-electron chi connectivity index (χ0n) is 13.6. The van der Waals surface area contributed by atoms with Gasteiger partial charge in [-0.25, -0.2) is 0 Å². The summed E-state index contributed by atoms with van der Waals surface area (Å²) in [5.41, 5.74) is 0. The second-order valence-electron chi connectivity index (χ2n) is 5.93. The summed E-state index contributed by atoms with van der Waals surface area (Å²) in [4.78, 5) is 0. The summed E-state index contributed by atoms with van der Waals surface area (Å²) in [6.45, 7) is 8.11. The molecule has 0 saturated carbocycles. The lowest BCUT2D eigenvalue weighted by atomic mass is 10.0. The molecule has 0 amide bonds. The Kier molecular flexibility index (Phi) is 16.0. The maximum Gasteiger partial charge on any atom is 0.0635 e. The Hall–Kier alpha value is -0.590. The Balaban J connectivity index is 2.94. The van der Waals surface area contributed by atoms with Crippen molar-refractivity contribution in [2.24, 2.45) is 5.92 Å². The quantitative estimate of drug-likeness (QED) is 0.456. The largest absolute Gasteiger partial charge is 0.381 e. The van der Waals surface area contributed by atoms with Crippen molar-refractivity contribution in [1.82, 2.24) is 5.32 Å². The average Bonchev–Trinajstić information content (AvgIpc) is 2.43. The number of rotatable bonds is 15. The minimum atomic E-state index is 0.595. The van der Waals surface area contributed by atoms with Crippen molar-refractivity contribution in [1.29, 1.82) is 5.26 Å². The van der Waals surface area contributed by atoms with Crippen LogP contribution >= 0.6 is 0 Å². The van der Waals surface area contributed by atoms with E-state index in [0.717, 1.165) is 38.6 Å². The third-order valence-electron chi connectivity index (χ3n) is 3.38. The van der Waals surface area contributed by atoms with Crippen LogP contribution in [0.2, 0.25) is 0 Å². The molecule has 0 rings (SSSR count). The first-order valence-corrected chi connectivity index (χ1v) is 8.42. The van der Waals surface area contributed by atoms with Gasteiger partial charge in [0.2, 0.25) is 0 Å². The van der Waals surface area contributed by atoms with Crippen LogP contribution in [-0.4, -0.2) is 26.3 Å². The van der Waals surface area contributed by atoms with Crippen molar-refractivity contribution in [2.75, 3.05) is 26.3 Å². The summed E-state index contributed by atoms with van der Waals surface area (Å²) >= 11 is 0. The number of ether oxygens (including phenoxy) is 1. The van der Waals surface area contributed by atoms with Crippen molar-refractivity contribution in [3.8, 4) is 6.07 Å². The molecule has 0 fully saturated rings. The Labute approximate surface area is 126 Å². The zero-order chi connectivity index (χ0) is 14.9.